The molecule has 0 unspecified atom stereocenters. The van der Waals surface area contributed by atoms with Gasteiger partial charge in [0.1, 0.15) is 5.78 Å². The number of carbonyl (C=O) groups excluding carboxylic acids is 1. The van der Waals surface area contributed by atoms with Crippen LogP contribution in [0, 0.1) is 0 Å². The molecular weight excluding hydrogens is 116 g/mol. The molecule has 9 heavy (non-hydrogen) atoms. The minimum atomic E-state index is 0.238. The topological polar surface area (TPSA) is 26.3 Å². The van der Waals surface area contributed by atoms with E-state index in [1.165, 1.54) is 0 Å². The van der Waals surface area contributed by atoms with Crippen LogP contribution in [0.25, 0.3) is 0 Å². The zero-order chi connectivity index (χ0) is 6.69. The minimum Gasteiger partial charge on any atom is -0.378 e. The van der Waals surface area contributed by atoms with Gasteiger partial charge in [0.25, 0.3) is 0 Å². The van der Waals surface area contributed by atoms with Crippen molar-refractivity contribution in [1.29, 1.82) is 0 Å². The Labute approximate surface area is 55.2 Å². The van der Waals surface area contributed by atoms with Crippen LogP contribution in [0.4, 0.5) is 0 Å². The van der Waals surface area contributed by atoms with Crippen molar-refractivity contribution in [2.75, 3.05) is 6.61 Å². The Balaban J connectivity index is 2.19. The maximum absolute atomic E-state index is 10.5. The normalized spacial score (nSPS) is 26.6. The van der Waals surface area contributed by atoms with E-state index in [2.05, 4.69) is 0 Å². The second-order valence-electron chi connectivity index (χ2n) is 2.54. The summed E-state index contributed by atoms with van der Waals surface area (Å²) < 4.78 is 5.24. The largest absolute Gasteiger partial charge is 0.378 e. The highest BCUT2D eigenvalue weighted by atomic mass is 16.5. The molecule has 1 saturated heterocycles. The Bertz CT molecular complexity index is 103. The Morgan fingerprint density at radius 3 is 3.00 bits per heavy atom. The third-order valence-corrected chi connectivity index (χ3v) is 1.54. The molecule has 0 aliphatic carbocycles. The molecule has 2 nitrogen and oxygen atoms in total. The molecule has 0 saturated carbocycles. The van der Waals surface area contributed by atoms with E-state index in [4.69, 9.17) is 4.74 Å². The molecule has 0 amide bonds. The van der Waals surface area contributed by atoms with E-state index in [1.807, 2.05) is 0 Å². The highest BCUT2D eigenvalue weighted by Crippen LogP contribution is 2.14. The van der Waals surface area contributed by atoms with Crippen molar-refractivity contribution < 1.29 is 9.53 Å². The number of Topliss-reactive ketones (excluding diaryl/α,β-unsaturated/α-hetero) is 1. The van der Waals surface area contributed by atoms with Crippen molar-refractivity contribution >= 4 is 5.78 Å². The molecule has 0 aromatic heterocycles. The van der Waals surface area contributed by atoms with Gasteiger partial charge in [-0.2, -0.15) is 0 Å². The molecule has 0 spiro atoms. The van der Waals surface area contributed by atoms with Gasteiger partial charge >= 0.3 is 0 Å². The molecule has 1 atom stereocenters. The van der Waals surface area contributed by atoms with Crippen molar-refractivity contribution in [3.8, 4) is 0 Å². The molecule has 0 bridgehead atoms. The lowest BCUT2D eigenvalue weighted by Gasteiger charge is -2.03. The number of hydrogen-bond acceptors (Lipinski definition) is 2. The summed E-state index contributed by atoms with van der Waals surface area (Å²) in [6.07, 6.45) is 3.04. The maximum atomic E-state index is 10.5. The lowest BCUT2D eigenvalue weighted by Crippen LogP contribution is -2.09. The number of ether oxygens (including phenoxy) is 1. The summed E-state index contributed by atoms with van der Waals surface area (Å²) in [5.74, 6) is 0.238. The summed E-state index contributed by atoms with van der Waals surface area (Å²) in [7, 11) is 0. The van der Waals surface area contributed by atoms with E-state index in [1.54, 1.807) is 6.92 Å². The fourth-order valence-corrected chi connectivity index (χ4v) is 1.13. The average molecular weight is 128 g/mol. The highest BCUT2D eigenvalue weighted by molar-refractivity contribution is 5.75. The van der Waals surface area contributed by atoms with Crippen molar-refractivity contribution in [3.05, 3.63) is 0 Å². The van der Waals surface area contributed by atoms with Crippen LogP contribution in [0.1, 0.15) is 26.2 Å². The van der Waals surface area contributed by atoms with E-state index in [9.17, 15) is 4.79 Å². The summed E-state index contributed by atoms with van der Waals surface area (Å²) >= 11 is 0. The molecule has 52 valence electrons. The van der Waals surface area contributed by atoms with E-state index in [0.29, 0.717) is 6.42 Å². The zero-order valence-electron chi connectivity index (χ0n) is 5.72. The first kappa shape index (κ1) is 6.75. The summed E-state index contributed by atoms with van der Waals surface area (Å²) in [5.41, 5.74) is 0. The van der Waals surface area contributed by atoms with Gasteiger partial charge in [-0.15, -0.1) is 0 Å². The molecule has 1 aliphatic heterocycles. The fourth-order valence-electron chi connectivity index (χ4n) is 1.13. The van der Waals surface area contributed by atoms with Gasteiger partial charge in [-0.05, 0) is 19.8 Å². The monoisotopic (exact) mass is 128 g/mol. The first-order valence-corrected chi connectivity index (χ1v) is 3.40. The number of hydrogen-bond donors (Lipinski definition) is 0. The molecular formula is C7H12O2. The standard InChI is InChI=1S/C7H12O2/c1-6(8)5-7-3-2-4-9-7/h7H,2-5H2,1H3/t7-/m0/s1. The van der Waals surface area contributed by atoms with Crippen LogP contribution in [0.2, 0.25) is 0 Å². The molecule has 1 aliphatic rings. The Morgan fingerprint density at radius 1 is 1.78 bits per heavy atom. The maximum Gasteiger partial charge on any atom is 0.132 e. The predicted octanol–water partition coefficient (Wildman–Crippen LogP) is 1.14. The van der Waals surface area contributed by atoms with Gasteiger partial charge in [0.05, 0.1) is 6.10 Å². The first-order chi connectivity index (χ1) is 4.29. The van der Waals surface area contributed by atoms with Gasteiger partial charge in [0, 0.05) is 13.0 Å². The third kappa shape index (κ3) is 2.14. The van der Waals surface area contributed by atoms with Crippen LogP contribution >= 0.6 is 0 Å². The Kier molecular flexibility index (Phi) is 2.22. The van der Waals surface area contributed by atoms with Gasteiger partial charge in [0.2, 0.25) is 0 Å². The average Bonchev–Trinajstić information content (AvgIpc) is 2.15. The lowest BCUT2D eigenvalue weighted by atomic mass is 10.1. The van der Waals surface area contributed by atoms with Crippen LogP contribution in [-0.2, 0) is 9.53 Å². The predicted molar refractivity (Wildman–Crippen MR) is 34.3 cm³/mol. The summed E-state index contributed by atoms with van der Waals surface area (Å²) in [6.45, 7) is 2.46. The Hall–Kier alpha value is -0.370. The van der Waals surface area contributed by atoms with Crippen molar-refractivity contribution in [2.45, 2.75) is 32.3 Å². The Morgan fingerprint density at radius 2 is 2.56 bits per heavy atom. The van der Waals surface area contributed by atoms with Gasteiger partial charge < -0.3 is 4.74 Å². The second kappa shape index (κ2) is 2.97. The van der Waals surface area contributed by atoms with Crippen LogP contribution in [-0.4, -0.2) is 18.5 Å². The van der Waals surface area contributed by atoms with Crippen molar-refractivity contribution in [3.63, 3.8) is 0 Å². The number of carbonyl (C=O) groups is 1. The fraction of sp³-hybridized carbons (Fsp3) is 0.857. The van der Waals surface area contributed by atoms with Gasteiger partial charge in [0.15, 0.2) is 0 Å². The summed E-state index contributed by atoms with van der Waals surface area (Å²) in [5, 5.41) is 0. The molecule has 2 heteroatoms. The minimum absolute atomic E-state index is 0.238. The molecule has 0 N–H and O–H groups in total. The van der Waals surface area contributed by atoms with E-state index >= 15 is 0 Å². The molecule has 1 fully saturated rings. The van der Waals surface area contributed by atoms with Gasteiger partial charge in [-0.25, -0.2) is 0 Å². The van der Waals surface area contributed by atoms with E-state index in [0.717, 1.165) is 19.4 Å². The SMILES string of the molecule is CC(=O)C[C@@H]1CCCO1. The van der Waals surface area contributed by atoms with Gasteiger partial charge in [-0.3, -0.25) is 4.79 Å². The van der Waals surface area contributed by atoms with Crippen LogP contribution in [0.3, 0.4) is 0 Å². The molecule has 0 radical (unpaired) electrons. The molecule has 1 heterocycles. The van der Waals surface area contributed by atoms with Crippen molar-refractivity contribution in [2.24, 2.45) is 0 Å². The summed E-state index contributed by atoms with van der Waals surface area (Å²) in [4.78, 5) is 10.5. The van der Waals surface area contributed by atoms with Crippen molar-refractivity contribution in [1.82, 2.24) is 0 Å². The van der Waals surface area contributed by atoms with Crippen LogP contribution < -0.4 is 0 Å². The van der Waals surface area contributed by atoms with Gasteiger partial charge in [-0.1, -0.05) is 0 Å². The van der Waals surface area contributed by atoms with Crippen LogP contribution in [0.5, 0.6) is 0 Å². The smallest absolute Gasteiger partial charge is 0.132 e. The summed E-state index contributed by atoms with van der Waals surface area (Å²) in [6, 6.07) is 0. The van der Waals surface area contributed by atoms with E-state index in [-0.39, 0.29) is 11.9 Å². The molecule has 1 rings (SSSR count). The second-order valence-corrected chi connectivity index (χ2v) is 2.54. The first-order valence-electron chi connectivity index (χ1n) is 3.40. The number of rotatable bonds is 2. The van der Waals surface area contributed by atoms with Crippen LogP contribution in [0.15, 0.2) is 0 Å². The quantitative estimate of drug-likeness (QED) is 0.557. The highest BCUT2D eigenvalue weighted by Gasteiger charge is 2.16. The number of ketones is 1. The lowest BCUT2D eigenvalue weighted by molar-refractivity contribution is -0.119. The molecule has 0 aromatic carbocycles. The molecule has 0 aromatic rings. The zero-order valence-corrected chi connectivity index (χ0v) is 5.72. The third-order valence-electron chi connectivity index (χ3n) is 1.54. The van der Waals surface area contributed by atoms with E-state index < -0.39 is 0 Å².